The summed E-state index contributed by atoms with van der Waals surface area (Å²) in [5, 5.41) is 12.7. The molecule has 0 spiro atoms. The number of ether oxygens (including phenoxy) is 1. The van der Waals surface area contributed by atoms with Gasteiger partial charge in [0.25, 0.3) is 0 Å². The van der Waals surface area contributed by atoms with E-state index in [1.54, 1.807) is 49.8 Å². The van der Waals surface area contributed by atoms with E-state index in [1.807, 2.05) is 19.0 Å². The molecule has 0 saturated heterocycles. The van der Waals surface area contributed by atoms with E-state index in [0.29, 0.717) is 18.3 Å². The van der Waals surface area contributed by atoms with E-state index in [0.717, 1.165) is 11.8 Å². The number of hydrogen-bond donors (Lipinski definition) is 2. The molecule has 2 N–H and O–H groups in total. The van der Waals surface area contributed by atoms with Gasteiger partial charge in [-0.15, -0.1) is 5.10 Å². The van der Waals surface area contributed by atoms with Gasteiger partial charge in [0.2, 0.25) is 5.91 Å². The molecule has 11 nitrogen and oxygen atoms in total. The molecule has 3 aromatic rings. The normalized spacial score (nSPS) is 11.8. The van der Waals surface area contributed by atoms with E-state index in [9.17, 15) is 27.6 Å². The molecular formula is C28H34F3N7O4. The maximum absolute atomic E-state index is 13.9. The van der Waals surface area contributed by atoms with Gasteiger partial charge in [0, 0.05) is 26.2 Å². The van der Waals surface area contributed by atoms with Crippen LogP contribution in [0, 0.1) is 0 Å². The van der Waals surface area contributed by atoms with Gasteiger partial charge >= 0.3 is 12.3 Å². The Hall–Kier alpha value is -4.46. The average molecular weight is 590 g/mol. The van der Waals surface area contributed by atoms with Crippen LogP contribution in [-0.2, 0) is 22.3 Å². The summed E-state index contributed by atoms with van der Waals surface area (Å²) in [7, 11) is 6.59. The minimum Gasteiger partial charge on any atom is -0.444 e. The molecule has 0 aliphatic carbocycles. The summed E-state index contributed by atoms with van der Waals surface area (Å²) in [4.78, 5) is 41.6. The fraction of sp³-hybridized carbons (Fsp3) is 0.393. The predicted molar refractivity (Wildman–Crippen MR) is 152 cm³/mol. The highest BCUT2D eigenvalue weighted by atomic mass is 19.4. The molecule has 0 saturated carbocycles. The van der Waals surface area contributed by atoms with Crippen LogP contribution >= 0.6 is 0 Å². The van der Waals surface area contributed by atoms with Crippen LogP contribution in [0.5, 0.6) is 0 Å². The molecule has 0 atom stereocenters. The fourth-order valence-corrected chi connectivity index (χ4v) is 3.96. The number of amides is 2. The lowest BCUT2D eigenvalue weighted by molar-refractivity contribution is -0.137. The van der Waals surface area contributed by atoms with Crippen molar-refractivity contribution in [3.63, 3.8) is 0 Å². The Morgan fingerprint density at radius 3 is 2.24 bits per heavy atom. The van der Waals surface area contributed by atoms with Gasteiger partial charge in [0.1, 0.15) is 5.60 Å². The number of Topliss-reactive ketones (excluding diaryl/α,β-unsaturated/α-hetero) is 1. The second-order valence-corrected chi connectivity index (χ2v) is 11.0. The zero-order valence-electron chi connectivity index (χ0n) is 24.5. The van der Waals surface area contributed by atoms with Crippen molar-refractivity contribution in [3.05, 3.63) is 59.4 Å². The number of anilines is 3. The van der Waals surface area contributed by atoms with Crippen molar-refractivity contribution in [1.29, 1.82) is 0 Å². The molecule has 3 rings (SSSR count). The van der Waals surface area contributed by atoms with E-state index in [-0.39, 0.29) is 22.6 Å². The maximum Gasteiger partial charge on any atom is 0.418 e. The Morgan fingerprint density at radius 2 is 1.64 bits per heavy atom. The first-order valence-corrected chi connectivity index (χ1v) is 12.8. The van der Waals surface area contributed by atoms with Crippen LogP contribution in [0.4, 0.5) is 35.0 Å². The summed E-state index contributed by atoms with van der Waals surface area (Å²) in [6.45, 7) is 5.42. The topological polar surface area (TPSA) is 122 Å². The monoisotopic (exact) mass is 589 g/mol. The van der Waals surface area contributed by atoms with Gasteiger partial charge in [-0.05, 0) is 59.1 Å². The van der Waals surface area contributed by atoms with Crippen molar-refractivity contribution in [3.8, 4) is 5.69 Å². The summed E-state index contributed by atoms with van der Waals surface area (Å²) in [5.74, 6) is -1.45. The van der Waals surface area contributed by atoms with Crippen molar-refractivity contribution in [2.75, 3.05) is 43.7 Å². The lowest BCUT2D eigenvalue weighted by Gasteiger charge is -2.24. The van der Waals surface area contributed by atoms with E-state index >= 15 is 0 Å². The Balaban J connectivity index is 1.88. The number of nitrogens with zero attached hydrogens (tertiary/aromatic N) is 5. The highest BCUT2D eigenvalue weighted by Gasteiger charge is 2.36. The number of carbonyl (C=O) groups is 3. The lowest BCUT2D eigenvalue weighted by atomic mass is 10.1. The molecule has 0 fully saturated rings. The van der Waals surface area contributed by atoms with Gasteiger partial charge in [-0.25, -0.2) is 9.48 Å². The molecule has 2 aromatic carbocycles. The summed E-state index contributed by atoms with van der Waals surface area (Å²) in [6.07, 6.45) is -4.78. The van der Waals surface area contributed by atoms with Gasteiger partial charge in [0.05, 0.1) is 46.6 Å². The third-order valence-corrected chi connectivity index (χ3v) is 5.66. The number of rotatable bonds is 9. The number of aromatic nitrogens is 3. The molecule has 14 heteroatoms. The number of ketones is 1. The fourth-order valence-electron chi connectivity index (χ4n) is 3.96. The van der Waals surface area contributed by atoms with E-state index in [1.165, 1.54) is 25.1 Å². The molecule has 0 bridgehead atoms. The average Bonchev–Trinajstić information content (AvgIpc) is 3.30. The Labute approximate surface area is 241 Å². The first kappa shape index (κ1) is 32.1. The molecule has 0 aliphatic heterocycles. The molecule has 1 heterocycles. The first-order chi connectivity index (χ1) is 19.4. The molecule has 42 heavy (non-hydrogen) atoms. The third kappa shape index (κ3) is 8.52. The molecule has 2 amide bonds. The number of carbonyl (C=O) groups excluding carboxylic acids is 3. The number of halogens is 3. The largest absolute Gasteiger partial charge is 0.444 e. The second kappa shape index (κ2) is 12.6. The van der Waals surface area contributed by atoms with Crippen LogP contribution in [0.25, 0.3) is 5.69 Å². The van der Waals surface area contributed by atoms with Crippen molar-refractivity contribution >= 4 is 34.8 Å². The summed E-state index contributed by atoms with van der Waals surface area (Å²) in [5.41, 5.74) is -1.14. The van der Waals surface area contributed by atoms with Crippen molar-refractivity contribution in [1.82, 2.24) is 19.9 Å². The smallest absolute Gasteiger partial charge is 0.418 e. The molecule has 0 aliphatic rings. The zero-order chi connectivity index (χ0) is 31.4. The lowest BCUT2D eigenvalue weighted by Crippen LogP contribution is -2.28. The number of hydrogen-bond acceptors (Lipinski definition) is 8. The highest BCUT2D eigenvalue weighted by molar-refractivity contribution is 6.12. The quantitative estimate of drug-likeness (QED) is 0.265. The molecule has 0 unspecified atom stereocenters. The Morgan fingerprint density at radius 1 is 0.976 bits per heavy atom. The number of benzene rings is 2. The van der Waals surface area contributed by atoms with Crippen LogP contribution in [-0.4, -0.2) is 71.5 Å². The van der Waals surface area contributed by atoms with E-state index in [2.05, 4.69) is 20.9 Å². The Kier molecular flexibility index (Phi) is 9.61. The van der Waals surface area contributed by atoms with Gasteiger partial charge < -0.3 is 19.9 Å². The molecular weight excluding hydrogens is 555 g/mol. The van der Waals surface area contributed by atoms with Gasteiger partial charge in [-0.1, -0.05) is 17.3 Å². The van der Waals surface area contributed by atoms with Crippen LogP contribution < -0.4 is 15.5 Å². The van der Waals surface area contributed by atoms with Gasteiger partial charge in [-0.3, -0.25) is 14.9 Å². The minimum absolute atomic E-state index is 0.136. The van der Waals surface area contributed by atoms with Crippen molar-refractivity contribution in [2.24, 2.45) is 0 Å². The standard InChI is InChI=1S/C28H34F3N7O4/c1-27(2,3)42-26(41)34-22-13-23(37(6)7)20(28(29,30)31)12-21(22)33-25(40)14-24(39)17-9-8-10-18(11-17)38-19(15-32-35-38)16-36(4)5/h8-13,15H,14,16H2,1-7H3,(H,33,40)(H,34,41). The Bertz CT molecular complexity index is 1460. The van der Waals surface area contributed by atoms with Crippen LogP contribution in [0.2, 0.25) is 0 Å². The van der Waals surface area contributed by atoms with Crippen molar-refractivity contribution < 1.29 is 32.3 Å². The van der Waals surface area contributed by atoms with Gasteiger partial charge in [0.15, 0.2) is 5.78 Å². The zero-order valence-corrected chi connectivity index (χ0v) is 24.5. The highest BCUT2D eigenvalue weighted by Crippen LogP contribution is 2.41. The maximum atomic E-state index is 13.9. The van der Waals surface area contributed by atoms with Crippen LogP contribution in [0.15, 0.2) is 42.6 Å². The van der Waals surface area contributed by atoms with E-state index in [4.69, 9.17) is 4.74 Å². The van der Waals surface area contributed by atoms with Crippen molar-refractivity contribution in [2.45, 2.75) is 45.5 Å². The molecule has 0 radical (unpaired) electrons. The second-order valence-electron chi connectivity index (χ2n) is 11.0. The minimum atomic E-state index is -4.77. The molecule has 226 valence electrons. The molecule has 1 aromatic heterocycles. The number of nitrogens with one attached hydrogen (secondary N) is 2. The SMILES string of the molecule is CN(C)Cc1cnnn1-c1cccc(C(=O)CC(=O)Nc2cc(C(F)(F)F)c(N(C)C)cc2NC(=O)OC(C)(C)C)c1. The summed E-state index contributed by atoms with van der Waals surface area (Å²) < 4.78 is 48.5. The summed E-state index contributed by atoms with van der Waals surface area (Å²) >= 11 is 0. The predicted octanol–water partition coefficient (Wildman–Crippen LogP) is 4.97. The first-order valence-electron chi connectivity index (χ1n) is 12.8. The van der Waals surface area contributed by atoms with Crippen LogP contribution in [0.1, 0.15) is 48.8 Å². The van der Waals surface area contributed by atoms with E-state index < -0.39 is 41.5 Å². The third-order valence-electron chi connectivity index (χ3n) is 5.66. The van der Waals surface area contributed by atoms with Crippen LogP contribution in [0.3, 0.4) is 0 Å². The summed E-state index contributed by atoms with van der Waals surface area (Å²) in [6, 6.07) is 8.21. The number of alkyl halides is 3. The van der Waals surface area contributed by atoms with Gasteiger partial charge in [-0.2, -0.15) is 13.2 Å².